The van der Waals surface area contributed by atoms with Crippen molar-refractivity contribution in [1.82, 2.24) is 0 Å². The molecule has 0 aromatic heterocycles. The van der Waals surface area contributed by atoms with Crippen LogP contribution in [0.25, 0.3) is 5.57 Å². The fourth-order valence-electron chi connectivity index (χ4n) is 1.83. The molecule has 0 fully saturated rings. The number of hydrogen-bond donors (Lipinski definition) is 1. The van der Waals surface area contributed by atoms with Gasteiger partial charge in [-0.15, -0.1) is 0 Å². The number of carboxylic acids is 1. The van der Waals surface area contributed by atoms with Crippen LogP contribution in [0.1, 0.15) is 5.56 Å². The molecule has 1 aliphatic rings. The Bertz CT molecular complexity index is 568. The molecule has 102 valence electrons. The first-order valence-corrected chi connectivity index (χ1v) is 5.96. The van der Waals surface area contributed by atoms with Gasteiger partial charge < -0.3 is 9.84 Å². The molecule has 1 N–H and O–H groups in total. The maximum atomic E-state index is 13.1. The molecule has 19 heavy (non-hydrogen) atoms. The summed E-state index contributed by atoms with van der Waals surface area (Å²) in [5.41, 5.74) is -2.53. The molecule has 0 bridgehead atoms. The molecular weight excluding hydrogens is 301 g/mol. The molecule has 1 heterocycles. The zero-order valence-corrected chi connectivity index (χ0v) is 10.9. The number of ether oxygens (including phenoxy) is 1. The molecule has 0 unspecified atom stereocenters. The van der Waals surface area contributed by atoms with Crippen molar-refractivity contribution in [2.75, 3.05) is 13.3 Å². The van der Waals surface area contributed by atoms with Crippen LogP contribution in [0.5, 0.6) is 5.75 Å². The van der Waals surface area contributed by atoms with Crippen molar-refractivity contribution in [3.05, 3.63) is 33.8 Å². The van der Waals surface area contributed by atoms with Crippen LogP contribution in [0.3, 0.4) is 0 Å². The summed E-state index contributed by atoms with van der Waals surface area (Å²) in [4.78, 5) is 11.3. The summed E-state index contributed by atoms with van der Waals surface area (Å²) in [7, 11) is 0. The van der Waals surface area contributed by atoms with Gasteiger partial charge in [0.2, 0.25) is 5.60 Å². The third kappa shape index (κ3) is 2.07. The summed E-state index contributed by atoms with van der Waals surface area (Å²) in [5.74, 6) is -1.43. The Morgan fingerprint density at radius 2 is 1.95 bits per heavy atom. The van der Waals surface area contributed by atoms with Gasteiger partial charge in [0, 0.05) is 0 Å². The van der Waals surface area contributed by atoms with E-state index in [1.165, 1.54) is 18.2 Å². The predicted molar refractivity (Wildman–Crippen MR) is 67.2 cm³/mol. The number of halogens is 4. The van der Waals surface area contributed by atoms with E-state index in [1.54, 1.807) is 0 Å². The number of carboxylic acid groups (broad SMARTS) is 1. The zero-order valence-electron chi connectivity index (χ0n) is 9.42. The maximum Gasteiger partial charge on any atom is 0.337 e. The van der Waals surface area contributed by atoms with Crippen LogP contribution in [0.2, 0.25) is 5.02 Å². The first-order chi connectivity index (χ1) is 8.96. The van der Waals surface area contributed by atoms with Crippen LogP contribution in [0.4, 0.5) is 8.78 Å². The highest BCUT2D eigenvalue weighted by molar-refractivity contribution is 6.42. The Morgan fingerprint density at radius 1 is 1.32 bits per heavy atom. The molecule has 3 nitrogen and oxygen atoms in total. The normalized spacial score (nSPS) is 16.8. The molecule has 1 aromatic rings. The van der Waals surface area contributed by atoms with Crippen LogP contribution in [0.15, 0.2) is 23.2 Å². The Kier molecular flexibility index (Phi) is 3.69. The van der Waals surface area contributed by atoms with Crippen LogP contribution >= 0.6 is 23.2 Å². The van der Waals surface area contributed by atoms with E-state index < -0.39 is 35.5 Å². The summed E-state index contributed by atoms with van der Waals surface area (Å²) in [5, 5.41) is 8.75. The van der Waals surface area contributed by atoms with Crippen molar-refractivity contribution in [3.63, 3.8) is 0 Å². The lowest BCUT2D eigenvalue weighted by Gasteiger charge is -2.34. The second-order valence-electron chi connectivity index (χ2n) is 3.97. The average Bonchev–Trinajstić information content (AvgIpc) is 2.38. The van der Waals surface area contributed by atoms with Gasteiger partial charge >= 0.3 is 5.97 Å². The summed E-state index contributed by atoms with van der Waals surface area (Å²) < 4.78 is 31.4. The number of rotatable bonds is 3. The topological polar surface area (TPSA) is 46.5 Å². The number of alkyl halides is 2. The monoisotopic (exact) mass is 308 g/mol. The molecule has 7 heteroatoms. The smallest absolute Gasteiger partial charge is 0.337 e. The number of carbonyl (C=O) groups is 1. The minimum atomic E-state index is -2.12. The van der Waals surface area contributed by atoms with Gasteiger partial charge in [0.25, 0.3) is 0 Å². The largest absolute Gasteiger partial charge is 0.478 e. The summed E-state index contributed by atoms with van der Waals surface area (Å²) in [6.07, 6.45) is 0. The first-order valence-electron chi connectivity index (χ1n) is 5.20. The third-order valence-electron chi connectivity index (χ3n) is 2.80. The van der Waals surface area contributed by atoms with Crippen LogP contribution in [-0.4, -0.2) is 30.0 Å². The third-order valence-corrected chi connectivity index (χ3v) is 3.64. The fourth-order valence-corrected chi connectivity index (χ4v) is 2.41. The zero-order chi connectivity index (χ0) is 14.2. The van der Waals surface area contributed by atoms with Crippen molar-refractivity contribution in [3.8, 4) is 5.75 Å². The molecule has 0 saturated carbocycles. The highest BCUT2D eigenvalue weighted by Gasteiger charge is 2.45. The molecule has 0 spiro atoms. The van der Waals surface area contributed by atoms with Crippen molar-refractivity contribution in [2.45, 2.75) is 5.60 Å². The predicted octanol–water partition coefficient (Wildman–Crippen LogP) is 3.44. The second-order valence-corrected chi connectivity index (χ2v) is 4.76. The summed E-state index contributed by atoms with van der Waals surface area (Å²) in [6, 6.07) is 4.31. The molecule has 1 aromatic carbocycles. The van der Waals surface area contributed by atoms with Crippen molar-refractivity contribution in [2.24, 2.45) is 0 Å². The van der Waals surface area contributed by atoms with Gasteiger partial charge in [-0.2, -0.15) is 0 Å². The van der Waals surface area contributed by atoms with E-state index in [0.29, 0.717) is 0 Å². The van der Waals surface area contributed by atoms with Gasteiger partial charge in [-0.05, 0) is 12.1 Å². The SMILES string of the molecule is O=C(O)C1=C(Cl)C(CF)(CF)Oc2cccc(Cl)c21. The fraction of sp³-hybridized carbons (Fsp3) is 0.250. The summed E-state index contributed by atoms with van der Waals surface area (Å²) in [6.45, 7) is -2.57. The van der Waals surface area contributed by atoms with Gasteiger partial charge in [-0.1, -0.05) is 29.3 Å². The standard InChI is InChI=1S/C12H8Cl2F2O3/c13-6-2-1-3-7-8(6)9(11(17)18)10(14)12(4-15,5-16)19-7/h1-3H,4-5H2,(H,17,18). The quantitative estimate of drug-likeness (QED) is 0.930. The second kappa shape index (κ2) is 4.98. The van der Waals surface area contributed by atoms with Crippen LogP contribution < -0.4 is 4.74 Å². The van der Waals surface area contributed by atoms with E-state index in [9.17, 15) is 18.7 Å². The van der Waals surface area contributed by atoms with E-state index >= 15 is 0 Å². The first kappa shape index (κ1) is 14.1. The number of benzene rings is 1. The summed E-state index contributed by atoms with van der Waals surface area (Å²) >= 11 is 11.7. The number of aliphatic carboxylic acids is 1. The van der Waals surface area contributed by atoms with Gasteiger partial charge in [0.1, 0.15) is 19.1 Å². The minimum absolute atomic E-state index is 0.00963. The van der Waals surface area contributed by atoms with E-state index in [0.717, 1.165) is 0 Å². The Morgan fingerprint density at radius 3 is 2.47 bits per heavy atom. The van der Waals surface area contributed by atoms with Crippen molar-refractivity contribution >= 4 is 34.7 Å². The molecule has 0 atom stereocenters. The van der Waals surface area contributed by atoms with Gasteiger partial charge in [-0.25, -0.2) is 13.6 Å². The van der Waals surface area contributed by atoms with E-state index in [-0.39, 0.29) is 16.3 Å². The van der Waals surface area contributed by atoms with Crippen LogP contribution in [-0.2, 0) is 4.79 Å². The van der Waals surface area contributed by atoms with E-state index in [1.807, 2.05) is 0 Å². The number of fused-ring (bicyclic) bond motifs is 1. The Hall–Kier alpha value is -1.33. The highest BCUT2D eigenvalue weighted by Crippen LogP contribution is 2.46. The Balaban J connectivity index is 2.78. The molecule has 0 aliphatic carbocycles. The Labute approximate surface area is 117 Å². The molecule has 0 radical (unpaired) electrons. The molecule has 2 rings (SSSR count). The molecule has 1 aliphatic heterocycles. The van der Waals surface area contributed by atoms with Gasteiger partial charge in [-0.3, -0.25) is 0 Å². The molecular formula is C12H8Cl2F2O3. The minimum Gasteiger partial charge on any atom is -0.478 e. The van der Waals surface area contributed by atoms with Gasteiger partial charge in [0.05, 0.1) is 21.2 Å². The lowest BCUT2D eigenvalue weighted by Crippen LogP contribution is -2.44. The lowest BCUT2D eigenvalue weighted by molar-refractivity contribution is -0.130. The number of hydrogen-bond acceptors (Lipinski definition) is 2. The lowest BCUT2D eigenvalue weighted by atomic mass is 9.93. The van der Waals surface area contributed by atoms with Gasteiger partial charge in [0.15, 0.2) is 0 Å². The van der Waals surface area contributed by atoms with Crippen molar-refractivity contribution in [1.29, 1.82) is 0 Å². The average molecular weight is 309 g/mol. The molecule has 0 saturated heterocycles. The maximum absolute atomic E-state index is 13.1. The highest BCUT2D eigenvalue weighted by atomic mass is 35.5. The van der Waals surface area contributed by atoms with E-state index in [4.69, 9.17) is 27.9 Å². The van der Waals surface area contributed by atoms with Crippen molar-refractivity contribution < 1.29 is 23.4 Å². The van der Waals surface area contributed by atoms with Crippen LogP contribution in [0, 0.1) is 0 Å². The van der Waals surface area contributed by atoms with E-state index in [2.05, 4.69) is 0 Å². The molecule has 0 amide bonds.